The SMILES string of the molecule is O=C(C=Cc1cccs1)Nc1cccc(F)c1. The van der Waals surface area contributed by atoms with Crippen molar-refractivity contribution in [3.05, 3.63) is 58.5 Å². The topological polar surface area (TPSA) is 29.1 Å². The van der Waals surface area contributed by atoms with Crippen LogP contribution < -0.4 is 5.32 Å². The van der Waals surface area contributed by atoms with Gasteiger partial charge in [0.25, 0.3) is 0 Å². The van der Waals surface area contributed by atoms with Gasteiger partial charge in [-0.05, 0) is 35.7 Å². The summed E-state index contributed by atoms with van der Waals surface area (Å²) in [5.74, 6) is -0.644. The van der Waals surface area contributed by atoms with E-state index in [0.29, 0.717) is 5.69 Å². The van der Waals surface area contributed by atoms with Crippen LogP contribution in [0.25, 0.3) is 6.08 Å². The highest BCUT2D eigenvalue weighted by atomic mass is 32.1. The van der Waals surface area contributed by atoms with Crippen molar-refractivity contribution in [2.24, 2.45) is 0 Å². The van der Waals surface area contributed by atoms with Crippen molar-refractivity contribution < 1.29 is 9.18 Å². The Morgan fingerprint density at radius 1 is 1.29 bits per heavy atom. The zero-order valence-corrected chi connectivity index (χ0v) is 9.71. The van der Waals surface area contributed by atoms with E-state index < -0.39 is 0 Å². The molecule has 0 radical (unpaired) electrons. The van der Waals surface area contributed by atoms with E-state index in [1.165, 1.54) is 18.2 Å². The molecule has 86 valence electrons. The maximum atomic E-state index is 12.9. The maximum Gasteiger partial charge on any atom is 0.248 e. The van der Waals surface area contributed by atoms with E-state index in [4.69, 9.17) is 0 Å². The molecule has 0 saturated heterocycles. The van der Waals surface area contributed by atoms with Crippen molar-refractivity contribution in [3.63, 3.8) is 0 Å². The quantitative estimate of drug-likeness (QED) is 0.826. The minimum atomic E-state index is -0.370. The van der Waals surface area contributed by atoms with Crippen molar-refractivity contribution in [3.8, 4) is 0 Å². The summed E-state index contributed by atoms with van der Waals surface area (Å²) < 4.78 is 12.9. The molecule has 17 heavy (non-hydrogen) atoms. The Morgan fingerprint density at radius 2 is 2.18 bits per heavy atom. The highest BCUT2D eigenvalue weighted by Gasteiger charge is 1.98. The van der Waals surface area contributed by atoms with E-state index in [0.717, 1.165) is 4.88 Å². The van der Waals surface area contributed by atoms with Gasteiger partial charge in [0.15, 0.2) is 0 Å². The molecule has 0 fully saturated rings. The third-order valence-corrected chi connectivity index (χ3v) is 2.87. The summed E-state index contributed by atoms with van der Waals surface area (Å²) in [6.45, 7) is 0. The van der Waals surface area contributed by atoms with Crippen LogP contribution in [0.4, 0.5) is 10.1 Å². The van der Waals surface area contributed by atoms with Crippen LogP contribution in [-0.2, 0) is 4.79 Å². The van der Waals surface area contributed by atoms with Crippen LogP contribution >= 0.6 is 11.3 Å². The number of halogens is 1. The first-order valence-electron chi connectivity index (χ1n) is 5.02. The lowest BCUT2D eigenvalue weighted by molar-refractivity contribution is -0.111. The number of carbonyl (C=O) groups is 1. The summed E-state index contributed by atoms with van der Waals surface area (Å²) >= 11 is 1.55. The normalized spacial score (nSPS) is 10.6. The van der Waals surface area contributed by atoms with Gasteiger partial charge in [-0.2, -0.15) is 0 Å². The third-order valence-electron chi connectivity index (χ3n) is 2.03. The number of amides is 1. The van der Waals surface area contributed by atoms with Gasteiger partial charge in [-0.15, -0.1) is 11.3 Å². The van der Waals surface area contributed by atoms with E-state index in [9.17, 15) is 9.18 Å². The molecule has 0 spiro atoms. The Labute approximate surface area is 102 Å². The molecular formula is C13H10FNOS. The summed E-state index contributed by atoms with van der Waals surface area (Å²) in [5.41, 5.74) is 0.450. The molecule has 1 aromatic carbocycles. The standard InChI is InChI=1S/C13H10FNOS/c14-10-3-1-4-11(9-10)15-13(16)7-6-12-5-2-8-17-12/h1-9H,(H,15,16). The Bertz CT molecular complexity index is 534. The Morgan fingerprint density at radius 3 is 2.88 bits per heavy atom. The van der Waals surface area contributed by atoms with Gasteiger partial charge in [0.1, 0.15) is 5.82 Å². The second-order valence-corrected chi connectivity index (χ2v) is 4.33. The fourth-order valence-electron chi connectivity index (χ4n) is 1.29. The number of carbonyl (C=O) groups excluding carboxylic acids is 1. The second kappa shape index (κ2) is 5.41. The fraction of sp³-hybridized carbons (Fsp3) is 0. The molecule has 0 atom stereocenters. The van der Waals surface area contributed by atoms with Gasteiger partial charge in [0.2, 0.25) is 5.91 Å². The molecule has 1 N–H and O–H groups in total. The van der Waals surface area contributed by atoms with Gasteiger partial charge in [-0.25, -0.2) is 4.39 Å². The molecule has 1 amide bonds. The van der Waals surface area contributed by atoms with Gasteiger partial charge >= 0.3 is 0 Å². The lowest BCUT2D eigenvalue weighted by Crippen LogP contribution is -2.07. The Kier molecular flexibility index (Phi) is 3.67. The van der Waals surface area contributed by atoms with Crippen molar-refractivity contribution >= 4 is 29.0 Å². The summed E-state index contributed by atoms with van der Waals surface area (Å²) in [5, 5.41) is 4.52. The highest BCUT2D eigenvalue weighted by Crippen LogP contribution is 2.11. The molecule has 1 aromatic heterocycles. The number of anilines is 1. The van der Waals surface area contributed by atoms with Crippen molar-refractivity contribution in [1.29, 1.82) is 0 Å². The zero-order valence-electron chi connectivity index (χ0n) is 8.89. The smallest absolute Gasteiger partial charge is 0.248 e. The summed E-state index contributed by atoms with van der Waals surface area (Å²) in [4.78, 5) is 12.5. The molecule has 4 heteroatoms. The summed E-state index contributed by atoms with van der Waals surface area (Å²) in [7, 11) is 0. The predicted octanol–water partition coefficient (Wildman–Crippen LogP) is 3.54. The monoisotopic (exact) mass is 247 g/mol. The summed E-state index contributed by atoms with van der Waals surface area (Å²) in [6, 6.07) is 9.62. The molecule has 1 heterocycles. The number of rotatable bonds is 3. The first kappa shape index (κ1) is 11.5. The van der Waals surface area contributed by atoms with Gasteiger partial charge < -0.3 is 5.32 Å². The fourth-order valence-corrected chi connectivity index (χ4v) is 1.91. The van der Waals surface area contributed by atoms with Gasteiger partial charge in [-0.1, -0.05) is 12.1 Å². The Hall–Kier alpha value is -1.94. The third kappa shape index (κ3) is 3.53. The first-order chi connectivity index (χ1) is 8.24. The van der Waals surface area contributed by atoms with E-state index in [2.05, 4.69) is 5.32 Å². The zero-order chi connectivity index (χ0) is 12.1. The number of nitrogens with one attached hydrogen (secondary N) is 1. The number of hydrogen-bond acceptors (Lipinski definition) is 2. The maximum absolute atomic E-state index is 12.9. The van der Waals surface area contributed by atoms with E-state index >= 15 is 0 Å². The molecule has 0 aliphatic heterocycles. The van der Waals surface area contributed by atoms with Gasteiger partial charge in [0, 0.05) is 16.6 Å². The largest absolute Gasteiger partial charge is 0.322 e. The van der Waals surface area contributed by atoms with Crippen LogP contribution in [0.5, 0.6) is 0 Å². The highest BCUT2D eigenvalue weighted by molar-refractivity contribution is 7.10. The minimum absolute atomic E-state index is 0.274. The van der Waals surface area contributed by atoms with Crippen LogP contribution in [0.2, 0.25) is 0 Å². The van der Waals surface area contributed by atoms with Gasteiger partial charge in [0.05, 0.1) is 0 Å². The number of hydrogen-bond donors (Lipinski definition) is 1. The lowest BCUT2D eigenvalue weighted by Gasteiger charge is -2.01. The Balaban J connectivity index is 1.98. The number of thiophene rings is 1. The minimum Gasteiger partial charge on any atom is -0.322 e. The molecule has 0 aliphatic carbocycles. The molecule has 0 saturated carbocycles. The van der Waals surface area contributed by atoms with Crippen LogP contribution in [0.1, 0.15) is 4.88 Å². The van der Waals surface area contributed by atoms with E-state index in [-0.39, 0.29) is 11.7 Å². The van der Waals surface area contributed by atoms with E-state index in [1.54, 1.807) is 29.5 Å². The molecule has 2 aromatic rings. The van der Waals surface area contributed by atoms with Gasteiger partial charge in [-0.3, -0.25) is 4.79 Å². The molecule has 0 unspecified atom stereocenters. The molecule has 2 nitrogen and oxygen atoms in total. The number of benzene rings is 1. The predicted molar refractivity (Wildman–Crippen MR) is 68.4 cm³/mol. The van der Waals surface area contributed by atoms with Crippen molar-refractivity contribution in [1.82, 2.24) is 0 Å². The van der Waals surface area contributed by atoms with Crippen LogP contribution in [-0.4, -0.2) is 5.91 Å². The second-order valence-electron chi connectivity index (χ2n) is 3.35. The molecular weight excluding hydrogens is 237 g/mol. The van der Waals surface area contributed by atoms with Crippen LogP contribution in [0, 0.1) is 5.82 Å². The van der Waals surface area contributed by atoms with Crippen LogP contribution in [0.3, 0.4) is 0 Å². The summed E-state index contributed by atoms with van der Waals surface area (Å²) in [6.07, 6.45) is 3.15. The van der Waals surface area contributed by atoms with Crippen molar-refractivity contribution in [2.75, 3.05) is 5.32 Å². The first-order valence-corrected chi connectivity index (χ1v) is 5.90. The van der Waals surface area contributed by atoms with Crippen molar-refractivity contribution in [2.45, 2.75) is 0 Å². The lowest BCUT2D eigenvalue weighted by atomic mass is 10.3. The molecule has 2 rings (SSSR count). The molecule has 0 aliphatic rings. The molecule has 0 bridgehead atoms. The average molecular weight is 247 g/mol. The average Bonchev–Trinajstić information content (AvgIpc) is 2.79. The van der Waals surface area contributed by atoms with E-state index in [1.807, 2.05) is 17.5 Å². The van der Waals surface area contributed by atoms with Crippen LogP contribution in [0.15, 0.2) is 47.9 Å².